The van der Waals surface area contributed by atoms with Crippen molar-refractivity contribution in [3.63, 3.8) is 0 Å². The fourth-order valence-corrected chi connectivity index (χ4v) is 1.98. The van der Waals surface area contributed by atoms with Gasteiger partial charge in [-0.15, -0.1) is 0 Å². The SMILES string of the molecule is CCO/C=C/c1c(F)c(OC)c(OC)c(C)c1C(=O)OC. The third kappa shape index (κ3) is 3.26. The second-order valence-electron chi connectivity index (χ2n) is 4.04. The summed E-state index contributed by atoms with van der Waals surface area (Å²) in [5, 5.41) is 0. The van der Waals surface area contributed by atoms with E-state index >= 15 is 0 Å². The van der Waals surface area contributed by atoms with Crippen LogP contribution in [0.5, 0.6) is 11.5 Å². The average molecular weight is 298 g/mol. The Morgan fingerprint density at radius 3 is 2.29 bits per heavy atom. The monoisotopic (exact) mass is 298 g/mol. The van der Waals surface area contributed by atoms with Crippen LogP contribution in [0.1, 0.15) is 28.4 Å². The molecule has 0 radical (unpaired) electrons. The van der Waals surface area contributed by atoms with E-state index in [-0.39, 0.29) is 22.6 Å². The molecule has 0 saturated carbocycles. The summed E-state index contributed by atoms with van der Waals surface area (Å²) in [7, 11) is 3.93. The number of esters is 1. The highest BCUT2D eigenvalue weighted by atomic mass is 19.1. The Morgan fingerprint density at radius 2 is 1.81 bits per heavy atom. The van der Waals surface area contributed by atoms with Gasteiger partial charge in [-0.1, -0.05) is 0 Å². The molecule has 1 aromatic carbocycles. The van der Waals surface area contributed by atoms with Crippen LogP contribution in [-0.4, -0.2) is 33.9 Å². The quantitative estimate of drug-likeness (QED) is 0.597. The van der Waals surface area contributed by atoms with Gasteiger partial charge in [0.05, 0.1) is 39.8 Å². The maximum Gasteiger partial charge on any atom is 0.338 e. The number of hydrogen-bond acceptors (Lipinski definition) is 5. The molecule has 0 amide bonds. The molecule has 0 atom stereocenters. The third-order valence-corrected chi connectivity index (χ3v) is 2.92. The summed E-state index contributed by atoms with van der Waals surface area (Å²) in [5.74, 6) is -1.29. The van der Waals surface area contributed by atoms with Gasteiger partial charge in [0.1, 0.15) is 0 Å². The van der Waals surface area contributed by atoms with Gasteiger partial charge in [-0.3, -0.25) is 0 Å². The molecule has 0 aromatic heterocycles. The molecule has 21 heavy (non-hydrogen) atoms. The minimum absolute atomic E-state index is 0.0328. The molecule has 0 aliphatic rings. The van der Waals surface area contributed by atoms with Crippen LogP contribution in [-0.2, 0) is 9.47 Å². The third-order valence-electron chi connectivity index (χ3n) is 2.92. The van der Waals surface area contributed by atoms with Crippen LogP contribution in [0.4, 0.5) is 4.39 Å². The summed E-state index contributed by atoms with van der Waals surface area (Å²) in [6, 6.07) is 0. The molecule has 0 aliphatic carbocycles. The second-order valence-corrected chi connectivity index (χ2v) is 4.04. The summed E-state index contributed by atoms with van der Waals surface area (Å²) in [6.45, 7) is 3.85. The zero-order valence-electron chi connectivity index (χ0n) is 12.8. The fraction of sp³-hybridized carbons (Fsp3) is 0.400. The fourth-order valence-electron chi connectivity index (χ4n) is 1.98. The number of halogens is 1. The van der Waals surface area contributed by atoms with Crippen LogP contribution in [0.25, 0.3) is 6.08 Å². The molecule has 0 N–H and O–H groups in total. The molecule has 5 nitrogen and oxygen atoms in total. The van der Waals surface area contributed by atoms with Gasteiger partial charge < -0.3 is 18.9 Å². The predicted octanol–water partition coefficient (Wildman–Crippen LogP) is 2.95. The van der Waals surface area contributed by atoms with Gasteiger partial charge in [0, 0.05) is 11.1 Å². The van der Waals surface area contributed by atoms with E-state index in [9.17, 15) is 9.18 Å². The molecule has 1 aromatic rings. The summed E-state index contributed by atoms with van der Waals surface area (Å²) in [6.07, 6.45) is 2.68. The maximum atomic E-state index is 14.6. The number of methoxy groups -OCH3 is 3. The number of carbonyl (C=O) groups excluding carboxylic acids is 1. The van der Waals surface area contributed by atoms with Crippen LogP contribution in [0.3, 0.4) is 0 Å². The lowest BCUT2D eigenvalue weighted by Gasteiger charge is -2.17. The van der Waals surface area contributed by atoms with Crippen molar-refractivity contribution in [3.8, 4) is 11.5 Å². The molecule has 0 spiro atoms. The smallest absolute Gasteiger partial charge is 0.338 e. The van der Waals surface area contributed by atoms with Crippen LogP contribution < -0.4 is 9.47 Å². The second kappa shape index (κ2) is 7.52. The molecule has 1 rings (SSSR count). The number of hydrogen-bond donors (Lipinski definition) is 0. The number of carbonyl (C=O) groups is 1. The van der Waals surface area contributed by atoms with E-state index in [1.54, 1.807) is 13.8 Å². The first-order chi connectivity index (χ1) is 10.0. The highest BCUT2D eigenvalue weighted by Gasteiger charge is 2.26. The van der Waals surface area contributed by atoms with E-state index in [1.807, 2.05) is 0 Å². The number of benzene rings is 1. The zero-order chi connectivity index (χ0) is 16.0. The Labute approximate surface area is 123 Å². The molecule has 0 bridgehead atoms. The molecular weight excluding hydrogens is 279 g/mol. The highest BCUT2D eigenvalue weighted by Crippen LogP contribution is 2.39. The summed E-state index contributed by atoms with van der Waals surface area (Å²) in [4.78, 5) is 11.9. The Balaban J connectivity index is 3.64. The van der Waals surface area contributed by atoms with E-state index in [4.69, 9.17) is 18.9 Å². The molecule has 116 valence electrons. The molecule has 0 fully saturated rings. The lowest BCUT2D eigenvalue weighted by atomic mass is 9.99. The zero-order valence-corrected chi connectivity index (χ0v) is 12.8. The maximum absolute atomic E-state index is 14.6. The topological polar surface area (TPSA) is 54.0 Å². The van der Waals surface area contributed by atoms with Crippen molar-refractivity contribution >= 4 is 12.0 Å². The van der Waals surface area contributed by atoms with Gasteiger partial charge in [-0.25, -0.2) is 9.18 Å². The van der Waals surface area contributed by atoms with E-state index in [2.05, 4.69) is 0 Å². The Morgan fingerprint density at radius 1 is 1.19 bits per heavy atom. The lowest BCUT2D eigenvalue weighted by Crippen LogP contribution is -2.11. The largest absolute Gasteiger partial charge is 0.501 e. The predicted molar refractivity (Wildman–Crippen MR) is 76.2 cm³/mol. The standard InChI is InChI=1S/C15H19FO5/c1-6-21-8-7-10-11(15(17)20-5)9(2)13(18-3)14(19-4)12(10)16/h7-8H,6H2,1-5H3/b8-7+. The van der Waals surface area contributed by atoms with Gasteiger partial charge in [-0.2, -0.15) is 0 Å². The Kier molecular flexibility index (Phi) is 6.02. The van der Waals surface area contributed by atoms with Gasteiger partial charge in [0.2, 0.25) is 0 Å². The van der Waals surface area contributed by atoms with E-state index in [0.717, 1.165) is 0 Å². The Bertz CT molecular complexity index is 552. The summed E-state index contributed by atoms with van der Waals surface area (Å²) < 4.78 is 34.5. The number of ether oxygens (including phenoxy) is 4. The van der Waals surface area contributed by atoms with Crippen molar-refractivity contribution in [1.82, 2.24) is 0 Å². The minimum Gasteiger partial charge on any atom is -0.501 e. The average Bonchev–Trinajstić information content (AvgIpc) is 2.49. The first-order valence-corrected chi connectivity index (χ1v) is 6.33. The van der Waals surface area contributed by atoms with Crippen molar-refractivity contribution < 1.29 is 28.1 Å². The molecule has 0 unspecified atom stereocenters. The van der Waals surface area contributed by atoms with E-state index < -0.39 is 11.8 Å². The van der Waals surface area contributed by atoms with Crippen molar-refractivity contribution in [2.45, 2.75) is 13.8 Å². The van der Waals surface area contributed by atoms with Crippen LogP contribution in [0.2, 0.25) is 0 Å². The molecule has 0 saturated heterocycles. The minimum atomic E-state index is -0.712. The molecular formula is C15H19FO5. The number of rotatable bonds is 6. The van der Waals surface area contributed by atoms with Gasteiger partial charge in [0.25, 0.3) is 0 Å². The molecule has 6 heteroatoms. The highest BCUT2D eigenvalue weighted by molar-refractivity contribution is 5.96. The lowest BCUT2D eigenvalue weighted by molar-refractivity contribution is 0.0598. The van der Waals surface area contributed by atoms with E-state index in [1.165, 1.54) is 33.7 Å². The first kappa shape index (κ1) is 16.8. The van der Waals surface area contributed by atoms with E-state index in [0.29, 0.717) is 12.2 Å². The molecule has 0 aliphatic heterocycles. The Hall–Kier alpha value is -2.24. The van der Waals surface area contributed by atoms with Crippen LogP contribution >= 0.6 is 0 Å². The summed E-state index contributed by atoms with van der Waals surface area (Å²) in [5.41, 5.74) is 0.535. The summed E-state index contributed by atoms with van der Waals surface area (Å²) >= 11 is 0. The van der Waals surface area contributed by atoms with Crippen LogP contribution in [0, 0.1) is 12.7 Å². The van der Waals surface area contributed by atoms with Gasteiger partial charge in [0.15, 0.2) is 17.3 Å². The van der Waals surface area contributed by atoms with Crippen molar-refractivity contribution in [2.24, 2.45) is 0 Å². The van der Waals surface area contributed by atoms with Crippen molar-refractivity contribution in [3.05, 3.63) is 28.8 Å². The van der Waals surface area contributed by atoms with Gasteiger partial charge in [-0.05, 0) is 19.9 Å². The first-order valence-electron chi connectivity index (χ1n) is 6.33. The normalized spacial score (nSPS) is 10.6. The molecule has 0 heterocycles. The van der Waals surface area contributed by atoms with Crippen molar-refractivity contribution in [2.75, 3.05) is 27.9 Å². The van der Waals surface area contributed by atoms with Crippen LogP contribution in [0.15, 0.2) is 6.26 Å². The van der Waals surface area contributed by atoms with Gasteiger partial charge >= 0.3 is 5.97 Å². The van der Waals surface area contributed by atoms with Crippen molar-refractivity contribution in [1.29, 1.82) is 0 Å².